The summed E-state index contributed by atoms with van der Waals surface area (Å²) in [5.74, 6) is 0. The summed E-state index contributed by atoms with van der Waals surface area (Å²) in [5, 5.41) is 0. The molecule has 0 radical (unpaired) electrons. The topological polar surface area (TPSA) is 12.5 Å². The summed E-state index contributed by atoms with van der Waals surface area (Å²) in [6.45, 7) is -0.110. The maximum atomic E-state index is 11.8. The van der Waals surface area contributed by atoms with Crippen LogP contribution in [-0.2, 0) is 4.74 Å². The van der Waals surface area contributed by atoms with Crippen molar-refractivity contribution in [3.05, 3.63) is 0 Å². The van der Waals surface area contributed by atoms with Crippen LogP contribution in [0.3, 0.4) is 0 Å². The predicted molar refractivity (Wildman–Crippen MR) is 20.7 cm³/mol. The zero-order valence-corrected chi connectivity index (χ0v) is 4.28. The van der Waals surface area contributed by atoms with Crippen LogP contribution in [0.25, 0.3) is 0 Å². The van der Waals surface area contributed by atoms with Crippen LogP contribution in [0, 0.1) is 0 Å². The van der Waals surface area contributed by atoms with E-state index >= 15 is 0 Å². The van der Waals surface area contributed by atoms with Crippen molar-refractivity contribution in [1.29, 1.82) is 0 Å². The van der Waals surface area contributed by atoms with Gasteiger partial charge in [0.05, 0.1) is 6.61 Å². The standard InChI is InChI=1S/C4H4F4O/c5-3(2-1-9-2)4(6,7)8/h2-3H,1H2. The summed E-state index contributed by atoms with van der Waals surface area (Å²) in [7, 11) is 0. The Morgan fingerprint density at radius 3 is 2.00 bits per heavy atom. The largest absolute Gasteiger partial charge is 0.422 e. The van der Waals surface area contributed by atoms with Crippen LogP contribution in [-0.4, -0.2) is 25.1 Å². The van der Waals surface area contributed by atoms with Crippen molar-refractivity contribution in [2.24, 2.45) is 0 Å². The van der Waals surface area contributed by atoms with Crippen molar-refractivity contribution in [3.8, 4) is 0 Å². The fraction of sp³-hybridized carbons (Fsp3) is 1.00. The molecule has 0 aliphatic carbocycles. The van der Waals surface area contributed by atoms with Gasteiger partial charge >= 0.3 is 6.18 Å². The molecule has 0 N–H and O–H groups in total. The summed E-state index contributed by atoms with van der Waals surface area (Å²) in [6, 6.07) is 0. The van der Waals surface area contributed by atoms with Crippen LogP contribution in [0.5, 0.6) is 0 Å². The van der Waals surface area contributed by atoms with Crippen molar-refractivity contribution in [2.75, 3.05) is 6.61 Å². The highest BCUT2D eigenvalue weighted by Gasteiger charge is 2.51. The van der Waals surface area contributed by atoms with Gasteiger partial charge in [-0.2, -0.15) is 13.2 Å². The Kier molecular flexibility index (Phi) is 1.38. The Morgan fingerprint density at radius 1 is 1.44 bits per heavy atom. The summed E-state index contributed by atoms with van der Waals surface area (Å²) >= 11 is 0. The van der Waals surface area contributed by atoms with Gasteiger partial charge in [-0.25, -0.2) is 4.39 Å². The highest BCUT2D eigenvalue weighted by Crippen LogP contribution is 2.31. The number of rotatable bonds is 1. The van der Waals surface area contributed by atoms with Crippen LogP contribution in [0.1, 0.15) is 0 Å². The van der Waals surface area contributed by atoms with Crippen LogP contribution >= 0.6 is 0 Å². The highest BCUT2D eigenvalue weighted by molar-refractivity contribution is 4.83. The number of alkyl halides is 4. The van der Waals surface area contributed by atoms with Crippen molar-refractivity contribution < 1.29 is 22.3 Å². The Morgan fingerprint density at radius 2 is 1.89 bits per heavy atom. The first-order valence-corrected chi connectivity index (χ1v) is 2.34. The third kappa shape index (κ3) is 1.54. The number of epoxide rings is 1. The normalized spacial score (nSPS) is 30.0. The van der Waals surface area contributed by atoms with Gasteiger partial charge in [-0.15, -0.1) is 0 Å². The molecule has 0 aromatic carbocycles. The van der Waals surface area contributed by atoms with Crippen molar-refractivity contribution in [1.82, 2.24) is 0 Å². The second kappa shape index (κ2) is 1.83. The molecular weight excluding hydrogens is 140 g/mol. The van der Waals surface area contributed by atoms with Gasteiger partial charge in [0.1, 0.15) is 6.10 Å². The van der Waals surface area contributed by atoms with Crippen LogP contribution in [0.2, 0.25) is 0 Å². The fourth-order valence-corrected chi connectivity index (χ4v) is 0.435. The molecule has 1 heterocycles. The monoisotopic (exact) mass is 144 g/mol. The van der Waals surface area contributed by atoms with Crippen molar-refractivity contribution in [2.45, 2.75) is 18.5 Å². The number of halogens is 4. The number of ether oxygens (including phenoxy) is 1. The van der Waals surface area contributed by atoms with E-state index in [-0.39, 0.29) is 6.61 Å². The molecule has 0 saturated carbocycles. The van der Waals surface area contributed by atoms with Gasteiger partial charge in [0.2, 0.25) is 6.17 Å². The SMILES string of the molecule is FC(C1CO1)C(F)(F)F. The quantitative estimate of drug-likeness (QED) is 0.399. The molecule has 2 unspecified atom stereocenters. The molecule has 1 rings (SSSR count). The van der Waals surface area contributed by atoms with E-state index in [1.165, 1.54) is 0 Å². The average molecular weight is 144 g/mol. The van der Waals surface area contributed by atoms with Gasteiger partial charge in [0.25, 0.3) is 0 Å². The molecule has 5 heteroatoms. The second-order valence-electron chi connectivity index (χ2n) is 1.82. The molecule has 0 aromatic heterocycles. The molecule has 1 aliphatic heterocycles. The Labute approximate surface area is 48.6 Å². The molecule has 0 bridgehead atoms. The highest BCUT2D eigenvalue weighted by atomic mass is 19.4. The molecule has 0 spiro atoms. The minimum atomic E-state index is -4.75. The van der Waals surface area contributed by atoms with Crippen LogP contribution < -0.4 is 0 Å². The summed E-state index contributed by atoms with van der Waals surface area (Å²) in [6.07, 6.45) is -8.77. The van der Waals surface area contributed by atoms with Gasteiger partial charge in [0, 0.05) is 0 Å². The van der Waals surface area contributed by atoms with Crippen molar-refractivity contribution in [3.63, 3.8) is 0 Å². The lowest BCUT2D eigenvalue weighted by atomic mass is 10.3. The molecule has 0 aromatic rings. The van der Waals surface area contributed by atoms with Gasteiger partial charge in [0.15, 0.2) is 0 Å². The van der Waals surface area contributed by atoms with E-state index in [0.717, 1.165) is 0 Å². The van der Waals surface area contributed by atoms with E-state index in [4.69, 9.17) is 0 Å². The maximum absolute atomic E-state index is 11.8. The third-order valence-electron chi connectivity index (χ3n) is 0.998. The lowest BCUT2D eigenvalue weighted by Gasteiger charge is -2.07. The average Bonchev–Trinajstić information content (AvgIpc) is 2.40. The summed E-state index contributed by atoms with van der Waals surface area (Å²) in [5.41, 5.74) is 0. The molecule has 1 saturated heterocycles. The minimum Gasteiger partial charge on any atom is -0.370 e. The van der Waals surface area contributed by atoms with E-state index in [1.807, 2.05) is 0 Å². The van der Waals surface area contributed by atoms with E-state index in [9.17, 15) is 17.6 Å². The molecular formula is C4H4F4O. The minimum absolute atomic E-state index is 0.110. The number of hydrogen-bond donors (Lipinski definition) is 0. The van der Waals surface area contributed by atoms with Gasteiger partial charge in [-0.05, 0) is 0 Å². The van der Waals surface area contributed by atoms with Gasteiger partial charge < -0.3 is 4.74 Å². The smallest absolute Gasteiger partial charge is 0.370 e. The molecule has 9 heavy (non-hydrogen) atoms. The first kappa shape index (κ1) is 6.80. The Bertz CT molecular complexity index is 106. The lowest BCUT2D eigenvalue weighted by Crippen LogP contribution is -2.29. The van der Waals surface area contributed by atoms with Crippen molar-refractivity contribution >= 4 is 0 Å². The van der Waals surface area contributed by atoms with Gasteiger partial charge in [-0.1, -0.05) is 0 Å². The van der Waals surface area contributed by atoms with Gasteiger partial charge in [-0.3, -0.25) is 0 Å². The Balaban J connectivity index is 2.40. The van der Waals surface area contributed by atoms with Crippen LogP contribution in [0.4, 0.5) is 17.6 Å². The Hall–Kier alpha value is -0.320. The molecule has 2 atom stereocenters. The number of hydrogen-bond acceptors (Lipinski definition) is 1. The molecule has 1 nitrogen and oxygen atoms in total. The van der Waals surface area contributed by atoms with Crippen LogP contribution in [0.15, 0.2) is 0 Å². The summed E-state index contributed by atoms with van der Waals surface area (Å²) < 4.78 is 49.8. The molecule has 54 valence electrons. The second-order valence-corrected chi connectivity index (χ2v) is 1.82. The maximum Gasteiger partial charge on any atom is 0.422 e. The molecule has 1 fully saturated rings. The third-order valence-corrected chi connectivity index (χ3v) is 0.998. The van der Waals surface area contributed by atoms with E-state index in [0.29, 0.717) is 0 Å². The van der Waals surface area contributed by atoms with E-state index < -0.39 is 18.5 Å². The molecule has 1 aliphatic rings. The first-order chi connectivity index (χ1) is 4.02. The lowest BCUT2D eigenvalue weighted by molar-refractivity contribution is -0.185. The fourth-order valence-electron chi connectivity index (χ4n) is 0.435. The predicted octanol–water partition coefficient (Wildman–Crippen LogP) is 1.29. The first-order valence-electron chi connectivity index (χ1n) is 2.34. The summed E-state index contributed by atoms with van der Waals surface area (Å²) in [4.78, 5) is 0. The zero-order valence-electron chi connectivity index (χ0n) is 4.28. The van der Waals surface area contributed by atoms with E-state index in [2.05, 4.69) is 4.74 Å². The zero-order chi connectivity index (χ0) is 7.07. The van der Waals surface area contributed by atoms with E-state index in [1.54, 1.807) is 0 Å². The molecule has 0 amide bonds.